The topological polar surface area (TPSA) is 53.4 Å². The van der Waals surface area contributed by atoms with E-state index < -0.39 is 5.62 Å². The lowest BCUT2D eigenvalue weighted by molar-refractivity contribution is -0.0225. The van der Waals surface area contributed by atoms with Crippen molar-refractivity contribution < 1.29 is 9.90 Å². The maximum Gasteiger partial charge on any atom is 0.258 e. The van der Waals surface area contributed by atoms with Gasteiger partial charge in [-0.3, -0.25) is 9.78 Å². The molecule has 0 fully saturated rings. The number of hydrogen-bond acceptors (Lipinski definition) is 3. The van der Waals surface area contributed by atoms with Crippen LogP contribution in [0.15, 0.2) is 41.0 Å². The predicted octanol–water partition coefficient (Wildman–Crippen LogP) is 2.89. The molecule has 0 spiro atoms. The Balaban J connectivity index is 2.01. The van der Waals surface area contributed by atoms with Crippen molar-refractivity contribution in [3.8, 4) is 0 Å². The van der Waals surface area contributed by atoms with Gasteiger partial charge in [-0.1, -0.05) is 35.8 Å². The zero-order chi connectivity index (χ0) is 16.8. The van der Waals surface area contributed by atoms with Gasteiger partial charge in [-0.25, -0.2) is 0 Å². The Kier molecular flexibility index (Phi) is 4.06. The van der Waals surface area contributed by atoms with E-state index >= 15 is 0 Å². The van der Waals surface area contributed by atoms with Crippen molar-refractivity contribution in [3.63, 3.8) is 0 Å². The number of rotatable bonds is 3. The van der Waals surface area contributed by atoms with Crippen molar-refractivity contribution in [1.82, 2.24) is 9.88 Å². The first kappa shape index (κ1) is 16.2. The molecule has 1 unspecified atom stereocenters. The molecule has 1 aliphatic heterocycles. The summed E-state index contributed by atoms with van der Waals surface area (Å²) in [5, 5.41) is 10.6. The molecule has 1 aliphatic rings. The molecule has 2 heterocycles. The quantitative estimate of drug-likeness (QED) is 0.845. The minimum Gasteiger partial charge on any atom is -0.374 e. The molecule has 0 aliphatic carbocycles. The number of halogens is 1. The Morgan fingerprint density at radius 3 is 2.78 bits per heavy atom. The first-order valence-corrected chi connectivity index (χ1v) is 8.18. The van der Waals surface area contributed by atoms with Gasteiger partial charge in [0.2, 0.25) is 0 Å². The molecule has 1 atom stereocenters. The lowest BCUT2D eigenvalue weighted by Gasteiger charge is -2.32. The van der Waals surface area contributed by atoms with Gasteiger partial charge in [-0.05, 0) is 41.3 Å². The van der Waals surface area contributed by atoms with E-state index in [9.17, 15) is 9.90 Å². The second-order valence-electron chi connectivity index (χ2n) is 6.01. The molecule has 23 heavy (non-hydrogen) atoms. The average Bonchev–Trinajstić information content (AvgIpc) is 2.70. The number of fused-ring (bicyclic) bond motifs is 1. The summed E-state index contributed by atoms with van der Waals surface area (Å²) in [6.45, 7) is 4.40. The normalized spacial score (nSPS) is 20.2. The molecule has 2 radical (unpaired) electrons. The van der Waals surface area contributed by atoms with E-state index in [0.29, 0.717) is 5.56 Å². The third kappa shape index (κ3) is 2.70. The van der Waals surface area contributed by atoms with Gasteiger partial charge in [0.05, 0.1) is 11.3 Å². The summed E-state index contributed by atoms with van der Waals surface area (Å²) in [5.41, 5.74) is 0.712. The monoisotopic (exact) mass is 370 g/mol. The van der Waals surface area contributed by atoms with E-state index in [1.54, 1.807) is 12.1 Å². The highest BCUT2D eigenvalue weighted by Gasteiger charge is 2.45. The van der Waals surface area contributed by atoms with Crippen LogP contribution in [0.3, 0.4) is 0 Å². The molecule has 0 saturated heterocycles. The van der Waals surface area contributed by atoms with Gasteiger partial charge in [0.15, 0.2) is 7.85 Å². The van der Waals surface area contributed by atoms with Crippen molar-refractivity contribution in [2.45, 2.75) is 31.9 Å². The largest absolute Gasteiger partial charge is 0.374 e. The maximum absolute atomic E-state index is 12.6. The number of carbonyl (C=O) groups excluding carboxylic acids is 1. The number of hydrogen-bond donors (Lipinski definition) is 1. The molecule has 1 amide bonds. The Morgan fingerprint density at radius 2 is 2.13 bits per heavy atom. The van der Waals surface area contributed by atoms with Crippen LogP contribution in [0.4, 0.5) is 0 Å². The van der Waals surface area contributed by atoms with Gasteiger partial charge in [0.25, 0.3) is 5.91 Å². The molecule has 0 saturated carbocycles. The smallest absolute Gasteiger partial charge is 0.258 e. The highest BCUT2D eigenvalue weighted by atomic mass is 79.9. The highest BCUT2D eigenvalue weighted by molar-refractivity contribution is 9.10. The molecule has 0 bridgehead atoms. The van der Waals surface area contributed by atoms with E-state index in [1.807, 2.05) is 18.2 Å². The fraction of sp³-hybridized carbons (Fsp3) is 0.294. The Hall–Kier alpha value is -1.66. The summed E-state index contributed by atoms with van der Waals surface area (Å²) in [6.07, 6.45) is 1.52. The molecule has 3 rings (SSSR count). The van der Waals surface area contributed by atoms with Crippen LogP contribution in [0.2, 0.25) is 0 Å². The van der Waals surface area contributed by atoms with Crippen molar-refractivity contribution in [2.75, 3.05) is 0 Å². The van der Waals surface area contributed by atoms with E-state index in [0.717, 1.165) is 15.6 Å². The second-order valence-corrected chi connectivity index (χ2v) is 6.93. The minimum atomic E-state index is -1.89. The van der Waals surface area contributed by atoms with Gasteiger partial charge in [0, 0.05) is 17.2 Å². The molecular weight excluding hydrogens is 355 g/mol. The predicted molar refractivity (Wildman–Crippen MR) is 92.0 cm³/mol. The molecule has 4 nitrogen and oxygen atoms in total. The molecule has 1 N–H and O–H groups in total. The van der Waals surface area contributed by atoms with Crippen molar-refractivity contribution in [2.24, 2.45) is 0 Å². The summed E-state index contributed by atoms with van der Waals surface area (Å²) in [4.78, 5) is 17.9. The highest BCUT2D eigenvalue weighted by Crippen LogP contribution is 2.35. The van der Waals surface area contributed by atoms with E-state index in [-0.39, 0.29) is 24.1 Å². The zero-order valence-electron chi connectivity index (χ0n) is 13.0. The fourth-order valence-corrected chi connectivity index (χ4v) is 3.29. The molecule has 2 aromatic rings. The SMILES string of the molecule is [B]C1(O)c2ncccc2C(=O)N1Cc1ccc(Br)cc1C(C)C. The van der Waals surface area contributed by atoms with Crippen molar-refractivity contribution >= 4 is 29.7 Å². The van der Waals surface area contributed by atoms with Crippen LogP contribution < -0.4 is 0 Å². The number of aliphatic hydroxyl groups is 1. The van der Waals surface area contributed by atoms with Crippen LogP contribution in [-0.4, -0.2) is 28.7 Å². The third-order valence-corrected chi connectivity index (χ3v) is 4.59. The van der Waals surface area contributed by atoms with Crippen LogP contribution in [0.1, 0.15) is 46.9 Å². The number of aromatic nitrogens is 1. The summed E-state index contributed by atoms with van der Waals surface area (Å²) in [7, 11) is 6.02. The minimum absolute atomic E-state index is 0.202. The Bertz CT molecular complexity index is 777. The lowest BCUT2D eigenvalue weighted by Crippen LogP contribution is -2.44. The summed E-state index contributed by atoms with van der Waals surface area (Å²) < 4.78 is 0.977. The summed E-state index contributed by atoms with van der Waals surface area (Å²) in [5.74, 6) is -0.0257. The van der Waals surface area contributed by atoms with Crippen LogP contribution in [0.25, 0.3) is 0 Å². The van der Waals surface area contributed by atoms with E-state index in [1.165, 1.54) is 11.1 Å². The van der Waals surface area contributed by atoms with Crippen molar-refractivity contribution in [1.29, 1.82) is 0 Å². The molecular formula is C17H16BBrN2O2. The van der Waals surface area contributed by atoms with E-state index in [4.69, 9.17) is 7.85 Å². The summed E-state index contributed by atoms with van der Waals surface area (Å²) in [6, 6.07) is 9.19. The summed E-state index contributed by atoms with van der Waals surface area (Å²) >= 11 is 3.47. The first-order valence-electron chi connectivity index (χ1n) is 7.39. The van der Waals surface area contributed by atoms with Crippen LogP contribution in [0.5, 0.6) is 0 Å². The Labute approximate surface area is 145 Å². The number of nitrogens with zero attached hydrogens (tertiary/aromatic N) is 2. The second kappa shape index (κ2) is 5.76. The molecule has 116 valence electrons. The van der Waals surface area contributed by atoms with Crippen LogP contribution >= 0.6 is 15.9 Å². The van der Waals surface area contributed by atoms with Crippen LogP contribution in [0, 0.1) is 0 Å². The third-order valence-electron chi connectivity index (χ3n) is 4.10. The Morgan fingerprint density at radius 1 is 1.39 bits per heavy atom. The number of pyridine rings is 1. The van der Waals surface area contributed by atoms with Gasteiger partial charge >= 0.3 is 0 Å². The van der Waals surface area contributed by atoms with Gasteiger partial charge in [0.1, 0.15) is 5.62 Å². The van der Waals surface area contributed by atoms with E-state index in [2.05, 4.69) is 34.8 Å². The zero-order valence-corrected chi connectivity index (χ0v) is 14.5. The fourth-order valence-electron chi connectivity index (χ4n) is 2.91. The first-order chi connectivity index (χ1) is 10.8. The lowest BCUT2D eigenvalue weighted by atomic mass is 9.86. The van der Waals surface area contributed by atoms with Crippen molar-refractivity contribution in [3.05, 3.63) is 63.4 Å². The molecule has 6 heteroatoms. The number of benzene rings is 1. The average molecular weight is 371 g/mol. The van der Waals surface area contributed by atoms with Crippen LogP contribution in [-0.2, 0) is 12.2 Å². The van der Waals surface area contributed by atoms with Gasteiger partial charge in [-0.15, -0.1) is 0 Å². The number of amides is 1. The molecule has 1 aromatic heterocycles. The number of carbonyl (C=O) groups is 1. The maximum atomic E-state index is 12.6. The van der Waals surface area contributed by atoms with Gasteiger partial charge < -0.3 is 10.0 Å². The van der Waals surface area contributed by atoms with Gasteiger partial charge in [-0.2, -0.15) is 0 Å². The molecule has 1 aromatic carbocycles. The standard InChI is InChI=1S/C17H16BBrN2O2/c1-10(2)14-8-12(19)6-5-11(14)9-21-16(22)13-4-3-7-20-15(13)17(21,18)23/h3-8,10,23H,9H2,1-2H3.